The highest BCUT2D eigenvalue weighted by Crippen LogP contribution is 2.40. The van der Waals surface area contributed by atoms with Crippen LogP contribution in [0.3, 0.4) is 0 Å². The highest BCUT2D eigenvalue weighted by molar-refractivity contribution is 7.17. The second kappa shape index (κ2) is 10.6. The zero-order chi connectivity index (χ0) is 20.7. The van der Waals surface area contributed by atoms with Gasteiger partial charge in [-0.25, -0.2) is 4.79 Å². The lowest BCUT2D eigenvalue weighted by Crippen LogP contribution is -2.39. The van der Waals surface area contributed by atoms with Crippen LogP contribution < -0.4 is 10.6 Å². The average Bonchev–Trinajstić information content (AvgIpc) is 2.96. The Bertz CT molecular complexity index is 717. The van der Waals surface area contributed by atoms with Crippen molar-refractivity contribution in [2.75, 3.05) is 38.6 Å². The van der Waals surface area contributed by atoms with E-state index < -0.39 is 0 Å². The minimum absolute atomic E-state index is 0.0702. The Labute approximate surface area is 170 Å². The number of anilines is 1. The number of ether oxygens (including phenoxy) is 1. The van der Waals surface area contributed by atoms with Crippen LogP contribution in [0.5, 0.6) is 0 Å². The first-order valence-corrected chi connectivity index (χ1v) is 10.7. The minimum Gasteiger partial charge on any atom is -0.462 e. The number of esters is 1. The van der Waals surface area contributed by atoms with Crippen LogP contribution in [-0.4, -0.2) is 56.0 Å². The molecule has 2 N–H and O–H groups in total. The van der Waals surface area contributed by atoms with Crippen molar-refractivity contribution in [1.82, 2.24) is 10.2 Å². The first-order chi connectivity index (χ1) is 13.3. The third kappa shape index (κ3) is 6.04. The van der Waals surface area contributed by atoms with Gasteiger partial charge in [0.2, 0.25) is 11.8 Å². The molecule has 1 aromatic rings. The van der Waals surface area contributed by atoms with E-state index in [-0.39, 0.29) is 30.9 Å². The molecular weight excluding hydrogens is 378 g/mol. The Morgan fingerprint density at radius 2 is 1.93 bits per heavy atom. The largest absolute Gasteiger partial charge is 0.462 e. The molecule has 1 aliphatic rings. The van der Waals surface area contributed by atoms with Crippen molar-refractivity contribution in [2.24, 2.45) is 5.92 Å². The van der Waals surface area contributed by atoms with E-state index in [4.69, 9.17) is 4.74 Å². The van der Waals surface area contributed by atoms with Gasteiger partial charge in [-0.05, 0) is 51.1 Å². The van der Waals surface area contributed by atoms with E-state index in [9.17, 15) is 14.4 Å². The molecule has 7 nitrogen and oxygen atoms in total. The second-order valence-corrected chi connectivity index (χ2v) is 8.45. The van der Waals surface area contributed by atoms with E-state index in [2.05, 4.69) is 17.6 Å². The van der Waals surface area contributed by atoms with Crippen LogP contribution in [0.2, 0.25) is 0 Å². The molecule has 0 radical (unpaired) electrons. The molecule has 0 bridgehead atoms. The van der Waals surface area contributed by atoms with Crippen LogP contribution in [0.1, 0.15) is 54.4 Å². The molecule has 0 fully saturated rings. The number of fused-ring (bicyclic) bond motifs is 1. The molecule has 1 aromatic heterocycles. The summed E-state index contributed by atoms with van der Waals surface area (Å²) in [7, 11) is 1.72. The maximum Gasteiger partial charge on any atom is 0.341 e. The Morgan fingerprint density at radius 3 is 2.61 bits per heavy atom. The van der Waals surface area contributed by atoms with Gasteiger partial charge in [0, 0.05) is 11.4 Å². The summed E-state index contributed by atoms with van der Waals surface area (Å²) in [4.78, 5) is 39.6. The molecule has 0 spiro atoms. The van der Waals surface area contributed by atoms with Gasteiger partial charge >= 0.3 is 5.97 Å². The quantitative estimate of drug-likeness (QED) is 0.612. The second-order valence-electron chi connectivity index (χ2n) is 7.35. The summed E-state index contributed by atoms with van der Waals surface area (Å²) < 4.78 is 5.23. The summed E-state index contributed by atoms with van der Waals surface area (Å²) in [5.74, 6) is -0.164. The lowest BCUT2D eigenvalue weighted by Gasteiger charge is -2.18. The van der Waals surface area contributed by atoms with E-state index in [1.165, 1.54) is 11.3 Å². The predicted molar refractivity (Wildman–Crippen MR) is 111 cm³/mol. The van der Waals surface area contributed by atoms with Crippen molar-refractivity contribution in [3.63, 3.8) is 0 Å². The van der Waals surface area contributed by atoms with E-state index in [1.807, 2.05) is 6.92 Å². The molecular formula is C20H31N3O4S. The molecule has 1 aliphatic carbocycles. The SMILES string of the molecule is CCCNC(=O)CN(C)CC(=O)Nc1sc2c(c1C(=O)OCC)CC[C@H](C)C2. The van der Waals surface area contributed by atoms with Crippen LogP contribution in [0.15, 0.2) is 0 Å². The highest BCUT2D eigenvalue weighted by Gasteiger charge is 2.29. The van der Waals surface area contributed by atoms with Crippen LogP contribution in [0.4, 0.5) is 5.00 Å². The number of carbonyl (C=O) groups is 3. The van der Waals surface area contributed by atoms with Gasteiger partial charge in [0.05, 0.1) is 25.3 Å². The fraction of sp³-hybridized carbons (Fsp3) is 0.650. The number of hydrogen-bond donors (Lipinski definition) is 2. The Kier molecular flexibility index (Phi) is 8.44. The van der Waals surface area contributed by atoms with Gasteiger partial charge in [-0.15, -0.1) is 11.3 Å². The first kappa shape index (κ1) is 22.4. The maximum absolute atomic E-state index is 12.5. The minimum atomic E-state index is -0.378. The summed E-state index contributed by atoms with van der Waals surface area (Å²) >= 11 is 1.47. The third-order valence-corrected chi connectivity index (χ3v) is 5.81. The fourth-order valence-electron chi connectivity index (χ4n) is 3.29. The van der Waals surface area contributed by atoms with E-state index in [0.29, 0.717) is 29.6 Å². The standard InChI is InChI=1S/C20H31N3O4S/c1-5-9-21-16(24)11-23(4)12-17(25)22-19-18(20(26)27-6-2)14-8-7-13(3)10-15(14)28-19/h13H,5-12H2,1-4H3,(H,21,24)(H,22,25)/t13-/m0/s1. The van der Waals surface area contributed by atoms with Crippen molar-refractivity contribution in [1.29, 1.82) is 0 Å². The lowest BCUT2D eigenvalue weighted by atomic mass is 9.88. The topological polar surface area (TPSA) is 87.7 Å². The molecule has 8 heteroatoms. The molecule has 0 saturated heterocycles. The summed E-state index contributed by atoms with van der Waals surface area (Å²) in [6.45, 7) is 7.10. The van der Waals surface area contributed by atoms with Gasteiger partial charge in [0.1, 0.15) is 5.00 Å². The number of carbonyl (C=O) groups excluding carboxylic acids is 3. The van der Waals surface area contributed by atoms with Crippen LogP contribution in [0, 0.1) is 5.92 Å². The number of hydrogen-bond acceptors (Lipinski definition) is 6. The number of amides is 2. The molecule has 2 amide bonds. The molecule has 0 saturated carbocycles. The fourth-order valence-corrected chi connectivity index (χ4v) is 4.71. The highest BCUT2D eigenvalue weighted by atomic mass is 32.1. The smallest absolute Gasteiger partial charge is 0.341 e. The van der Waals surface area contributed by atoms with Crippen LogP contribution in [0.25, 0.3) is 0 Å². The monoisotopic (exact) mass is 409 g/mol. The van der Waals surface area contributed by atoms with E-state index >= 15 is 0 Å². The lowest BCUT2D eigenvalue weighted by molar-refractivity contribution is -0.122. The molecule has 1 atom stereocenters. The summed E-state index contributed by atoms with van der Waals surface area (Å²) in [6.07, 6.45) is 3.64. The Balaban J connectivity index is 2.06. The zero-order valence-corrected chi connectivity index (χ0v) is 18.0. The van der Waals surface area contributed by atoms with E-state index in [1.54, 1.807) is 18.9 Å². The molecule has 1 heterocycles. The summed E-state index contributed by atoms with van der Waals surface area (Å²) in [5.41, 5.74) is 1.52. The first-order valence-electron chi connectivity index (χ1n) is 9.92. The van der Waals surface area contributed by atoms with Crippen molar-refractivity contribution >= 4 is 34.1 Å². The van der Waals surface area contributed by atoms with Gasteiger partial charge in [-0.2, -0.15) is 0 Å². The number of nitrogens with one attached hydrogen (secondary N) is 2. The van der Waals surface area contributed by atoms with Gasteiger partial charge < -0.3 is 15.4 Å². The van der Waals surface area contributed by atoms with Crippen molar-refractivity contribution < 1.29 is 19.1 Å². The summed E-state index contributed by atoms with van der Waals surface area (Å²) in [6, 6.07) is 0. The Hall–Kier alpha value is -1.93. The maximum atomic E-state index is 12.5. The predicted octanol–water partition coefficient (Wildman–Crippen LogP) is 2.45. The molecule has 28 heavy (non-hydrogen) atoms. The van der Waals surface area contributed by atoms with Crippen LogP contribution >= 0.6 is 11.3 Å². The molecule has 156 valence electrons. The zero-order valence-electron chi connectivity index (χ0n) is 17.2. The molecule has 2 rings (SSSR count). The number of rotatable bonds is 9. The summed E-state index contributed by atoms with van der Waals surface area (Å²) in [5, 5.41) is 6.23. The van der Waals surface area contributed by atoms with Gasteiger partial charge in [0.25, 0.3) is 0 Å². The normalized spacial score (nSPS) is 15.8. The molecule has 0 aliphatic heterocycles. The van der Waals surface area contributed by atoms with Crippen molar-refractivity contribution in [2.45, 2.75) is 46.5 Å². The van der Waals surface area contributed by atoms with Crippen LogP contribution in [-0.2, 0) is 27.2 Å². The number of likely N-dealkylation sites (N-methyl/N-ethyl adjacent to an activating group) is 1. The average molecular weight is 410 g/mol. The van der Waals surface area contributed by atoms with E-state index in [0.717, 1.165) is 36.1 Å². The Morgan fingerprint density at radius 1 is 1.21 bits per heavy atom. The number of nitrogens with zero attached hydrogens (tertiary/aromatic N) is 1. The molecule has 0 unspecified atom stereocenters. The van der Waals surface area contributed by atoms with Gasteiger partial charge in [-0.3, -0.25) is 14.5 Å². The third-order valence-electron chi connectivity index (χ3n) is 4.64. The van der Waals surface area contributed by atoms with Crippen molar-refractivity contribution in [3.8, 4) is 0 Å². The van der Waals surface area contributed by atoms with Gasteiger partial charge in [-0.1, -0.05) is 13.8 Å². The number of thiophene rings is 1. The molecule has 0 aromatic carbocycles. The van der Waals surface area contributed by atoms with Gasteiger partial charge in [0.15, 0.2) is 0 Å². The van der Waals surface area contributed by atoms with Crippen molar-refractivity contribution in [3.05, 3.63) is 16.0 Å².